The molecule has 0 atom stereocenters. The van der Waals surface area contributed by atoms with Crippen LogP contribution in [0.4, 0.5) is 23.2 Å². The summed E-state index contributed by atoms with van der Waals surface area (Å²) in [4.78, 5) is 1.68. The topological polar surface area (TPSA) is 3.24 Å². The van der Waals surface area contributed by atoms with Crippen LogP contribution in [0, 0.1) is 30.2 Å². The second-order valence-corrected chi connectivity index (χ2v) is 4.90. The molecule has 0 saturated carbocycles. The van der Waals surface area contributed by atoms with Gasteiger partial charge < -0.3 is 4.90 Å². The fourth-order valence-electron chi connectivity index (χ4n) is 2.43. The molecule has 1 nitrogen and oxygen atoms in total. The number of rotatable bonds is 1. The molecule has 5 heteroatoms. The summed E-state index contributed by atoms with van der Waals surface area (Å²) in [6, 6.07) is 7.35. The fourth-order valence-corrected chi connectivity index (χ4v) is 2.43. The van der Waals surface area contributed by atoms with Gasteiger partial charge in [0, 0.05) is 29.9 Å². The van der Waals surface area contributed by atoms with Crippen molar-refractivity contribution >= 4 is 5.69 Å². The molecule has 0 spiro atoms. The van der Waals surface area contributed by atoms with E-state index in [2.05, 4.69) is 0 Å². The first-order chi connectivity index (χ1) is 9.49. The summed E-state index contributed by atoms with van der Waals surface area (Å²) in [7, 11) is 0. The first-order valence-corrected chi connectivity index (χ1v) is 6.14. The Kier molecular flexibility index (Phi) is 2.92. The number of halogens is 4. The van der Waals surface area contributed by atoms with Gasteiger partial charge in [-0.05, 0) is 19.1 Å². The molecule has 0 N–H and O–H groups in total. The minimum atomic E-state index is -1.74. The van der Waals surface area contributed by atoms with Gasteiger partial charge in [-0.25, -0.2) is 17.6 Å². The zero-order chi connectivity index (χ0) is 14.4. The zero-order valence-electron chi connectivity index (χ0n) is 10.7. The van der Waals surface area contributed by atoms with Crippen molar-refractivity contribution in [1.82, 2.24) is 0 Å². The number of anilines is 1. The predicted octanol–water partition coefficient (Wildman–Crippen LogP) is 4.07. The largest absolute Gasteiger partial charge is 0.363 e. The Morgan fingerprint density at radius 2 is 1.20 bits per heavy atom. The first kappa shape index (κ1) is 13.0. The maximum absolute atomic E-state index is 13.7. The third-order valence-electron chi connectivity index (χ3n) is 3.57. The minimum absolute atomic E-state index is 0.0261. The number of fused-ring (bicyclic) bond motifs is 1. The lowest BCUT2D eigenvalue weighted by atomic mass is 10.1. The first-order valence-electron chi connectivity index (χ1n) is 6.14. The van der Waals surface area contributed by atoms with Crippen LogP contribution >= 0.6 is 0 Å². The molecule has 0 aromatic heterocycles. The molecule has 1 heterocycles. The Morgan fingerprint density at radius 1 is 0.750 bits per heavy atom. The van der Waals surface area contributed by atoms with Crippen molar-refractivity contribution in [3.63, 3.8) is 0 Å². The lowest BCUT2D eigenvalue weighted by molar-refractivity contribution is 0.402. The van der Waals surface area contributed by atoms with Crippen molar-refractivity contribution in [2.75, 3.05) is 4.90 Å². The Hall–Kier alpha value is -2.04. The van der Waals surface area contributed by atoms with E-state index < -0.39 is 23.3 Å². The summed E-state index contributed by atoms with van der Waals surface area (Å²) in [5.41, 5.74) is 1.59. The van der Waals surface area contributed by atoms with E-state index >= 15 is 0 Å². The van der Waals surface area contributed by atoms with Crippen LogP contribution in [0.15, 0.2) is 24.3 Å². The van der Waals surface area contributed by atoms with Crippen LogP contribution in [0.3, 0.4) is 0 Å². The average Bonchev–Trinajstić information content (AvgIpc) is 2.89. The van der Waals surface area contributed by atoms with Crippen molar-refractivity contribution in [2.45, 2.75) is 20.0 Å². The number of nitrogens with zero attached hydrogens (tertiary/aromatic N) is 1. The zero-order valence-corrected chi connectivity index (χ0v) is 10.7. The molecule has 0 amide bonds. The summed E-state index contributed by atoms with van der Waals surface area (Å²) in [5, 5.41) is 0. The second-order valence-electron chi connectivity index (χ2n) is 4.90. The van der Waals surface area contributed by atoms with Crippen LogP contribution in [0.1, 0.15) is 16.7 Å². The minimum Gasteiger partial charge on any atom is -0.363 e. The highest BCUT2D eigenvalue weighted by Crippen LogP contribution is 2.34. The highest BCUT2D eigenvalue weighted by Gasteiger charge is 2.31. The van der Waals surface area contributed by atoms with Crippen LogP contribution < -0.4 is 4.90 Å². The normalized spacial score (nSPS) is 13.8. The van der Waals surface area contributed by atoms with Crippen molar-refractivity contribution in [3.05, 3.63) is 64.2 Å². The summed E-state index contributed by atoms with van der Waals surface area (Å²) < 4.78 is 53.8. The van der Waals surface area contributed by atoms with Crippen LogP contribution in [0.25, 0.3) is 0 Å². The maximum atomic E-state index is 13.7. The number of benzene rings is 2. The van der Waals surface area contributed by atoms with Crippen LogP contribution in [-0.2, 0) is 13.1 Å². The van der Waals surface area contributed by atoms with E-state index in [1.807, 2.05) is 31.2 Å². The molecular weight excluding hydrogens is 270 g/mol. The molecule has 0 fully saturated rings. The van der Waals surface area contributed by atoms with E-state index in [1.54, 1.807) is 4.90 Å². The molecule has 1 aliphatic heterocycles. The monoisotopic (exact) mass is 281 g/mol. The van der Waals surface area contributed by atoms with E-state index in [0.717, 1.165) is 11.3 Å². The molecule has 0 saturated heterocycles. The molecule has 3 rings (SSSR count). The fraction of sp³-hybridized carbons (Fsp3) is 0.200. The molecule has 0 unspecified atom stereocenters. The van der Waals surface area contributed by atoms with Crippen LogP contribution in [0.2, 0.25) is 0 Å². The van der Waals surface area contributed by atoms with Crippen LogP contribution in [0.5, 0.6) is 0 Å². The van der Waals surface area contributed by atoms with Gasteiger partial charge in [0.15, 0.2) is 23.3 Å². The maximum Gasteiger partial charge on any atom is 0.197 e. The quantitative estimate of drug-likeness (QED) is 0.432. The predicted molar refractivity (Wildman–Crippen MR) is 67.3 cm³/mol. The lowest BCUT2D eigenvalue weighted by Crippen LogP contribution is -2.14. The van der Waals surface area contributed by atoms with E-state index in [1.165, 1.54) is 0 Å². The van der Waals surface area contributed by atoms with Gasteiger partial charge in [-0.3, -0.25) is 0 Å². The van der Waals surface area contributed by atoms with Gasteiger partial charge >= 0.3 is 0 Å². The standard InChI is InChI=1S/C15H11F4N/c1-8-2-4-9(5-3-8)20-6-10-11(7-20)13(17)15(19)14(18)12(10)16/h2-5H,6-7H2,1H3. The van der Waals surface area contributed by atoms with Gasteiger partial charge in [0.1, 0.15) is 0 Å². The van der Waals surface area contributed by atoms with Crippen LogP contribution in [-0.4, -0.2) is 0 Å². The van der Waals surface area contributed by atoms with Crippen molar-refractivity contribution < 1.29 is 17.6 Å². The SMILES string of the molecule is Cc1ccc(N2Cc3c(F)c(F)c(F)c(F)c3C2)cc1. The van der Waals surface area contributed by atoms with E-state index in [0.29, 0.717) is 0 Å². The van der Waals surface area contributed by atoms with Gasteiger partial charge in [0.2, 0.25) is 0 Å². The van der Waals surface area contributed by atoms with E-state index in [4.69, 9.17) is 0 Å². The molecule has 0 bridgehead atoms. The molecular formula is C15H11F4N. The molecule has 2 aromatic rings. The molecule has 0 aliphatic carbocycles. The lowest BCUT2D eigenvalue weighted by Gasteiger charge is -2.17. The van der Waals surface area contributed by atoms with Crippen molar-refractivity contribution in [2.24, 2.45) is 0 Å². The third-order valence-corrected chi connectivity index (χ3v) is 3.57. The van der Waals surface area contributed by atoms with Gasteiger partial charge in [0.05, 0.1) is 0 Å². The third kappa shape index (κ3) is 1.85. The molecule has 0 radical (unpaired) electrons. The highest BCUT2D eigenvalue weighted by atomic mass is 19.2. The summed E-state index contributed by atoms with van der Waals surface area (Å²) in [5.74, 6) is -6.08. The van der Waals surface area contributed by atoms with Crippen molar-refractivity contribution in [3.8, 4) is 0 Å². The number of aryl methyl sites for hydroxylation is 1. The second kappa shape index (κ2) is 4.51. The smallest absolute Gasteiger partial charge is 0.197 e. The summed E-state index contributed by atoms with van der Waals surface area (Å²) in [6.07, 6.45) is 0. The number of hydrogen-bond acceptors (Lipinski definition) is 1. The van der Waals surface area contributed by atoms with Gasteiger partial charge in [-0.15, -0.1) is 0 Å². The molecule has 20 heavy (non-hydrogen) atoms. The Balaban J connectivity index is 2.02. The summed E-state index contributed by atoms with van der Waals surface area (Å²) in [6.45, 7) is 1.98. The molecule has 104 valence electrons. The molecule has 1 aliphatic rings. The highest BCUT2D eigenvalue weighted by molar-refractivity contribution is 5.53. The summed E-state index contributed by atoms with van der Waals surface area (Å²) >= 11 is 0. The van der Waals surface area contributed by atoms with Gasteiger partial charge in [-0.2, -0.15) is 0 Å². The van der Waals surface area contributed by atoms with E-state index in [9.17, 15) is 17.6 Å². The average molecular weight is 281 g/mol. The Bertz CT molecular complexity index is 643. The Morgan fingerprint density at radius 3 is 1.65 bits per heavy atom. The van der Waals surface area contributed by atoms with Crippen molar-refractivity contribution in [1.29, 1.82) is 0 Å². The number of hydrogen-bond donors (Lipinski definition) is 0. The molecule has 2 aromatic carbocycles. The van der Waals surface area contributed by atoms with Gasteiger partial charge in [-0.1, -0.05) is 17.7 Å². The van der Waals surface area contributed by atoms with E-state index in [-0.39, 0.29) is 24.2 Å². The Labute approximate surface area is 113 Å². The van der Waals surface area contributed by atoms with Gasteiger partial charge in [0.25, 0.3) is 0 Å².